The molecule has 1 heterocycles. The van der Waals surface area contributed by atoms with Gasteiger partial charge in [-0.3, -0.25) is 4.98 Å². The van der Waals surface area contributed by atoms with Crippen molar-refractivity contribution in [1.82, 2.24) is 4.98 Å². The van der Waals surface area contributed by atoms with Crippen molar-refractivity contribution in [2.45, 2.75) is 0 Å². The van der Waals surface area contributed by atoms with Crippen molar-refractivity contribution < 1.29 is 9.90 Å². The predicted octanol–water partition coefficient (Wildman–Crippen LogP) is 2.32. The molecule has 82 valence electrons. The van der Waals surface area contributed by atoms with Crippen LogP contribution in [0.4, 0.5) is 0 Å². The van der Waals surface area contributed by atoms with Crippen LogP contribution in [0.25, 0.3) is 11.1 Å². The Morgan fingerprint density at radius 2 is 1.94 bits per heavy atom. The Labute approximate surface area is 97.8 Å². The van der Waals surface area contributed by atoms with Crippen molar-refractivity contribution in [3.8, 4) is 17.2 Å². The maximum atomic E-state index is 11.0. The summed E-state index contributed by atoms with van der Waals surface area (Å²) < 4.78 is 0. The van der Waals surface area contributed by atoms with E-state index in [0.717, 1.165) is 5.56 Å². The van der Waals surface area contributed by atoms with Crippen molar-refractivity contribution in [2.24, 2.45) is 0 Å². The average molecular weight is 224 g/mol. The van der Waals surface area contributed by atoms with Gasteiger partial charge in [0.15, 0.2) is 0 Å². The average Bonchev–Trinajstić information content (AvgIpc) is 2.39. The van der Waals surface area contributed by atoms with Gasteiger partial charge in [0.05, 0.1) is 17.2 Å². The van der Waals surface area contributed by atoms with Crippen LogP contribution in [-0.2, 0) is 0 Å². The third-order valence-electron chi connectivity index (χ3n) is 2.38. The summed E-state index contributed by atoms with van der Waals surface area (Å²) in [7, 11) is 0. The van der Waals surface area contributed by atoms with Crippen LogP contribution < -0.4 is 0 Å². The molecule has 0 amide bonds. The van der Waals surface area contributed by atoms with Gasteiger partial charge in [0, 0.05) is 12.4 Å². The first-order chi connectivity index (χ1) is 8.22. The van der Waals surface area contributed by atoms with Crippen LogP contribution in [0.1, 0.15) is 15.9 Å². The summed E-state index contributed by atoms with van der Waals surface area (Å²) >= 11 is 0. The summed E-state index contributed by atoms with van der Waals surface area (Å²) in [5.41, 5.74) is 2.04. The zero-order chi connectivity index (χ0) is 12.3. The molecule has 0 radical (unpaired) electrons. The first-order valence-electron chi connectivity index (χ1n) is 4.90. The number of carboxylic acid groups (broad SMARTS) is 1. The molecule has 0 aliphatic rings. The quantitative estimate of drug-likeness (QED) is 0.849. The maximum absolute atomic E-state index is 11.0. The summed E-state index contributed by atoms with van der Waals surface area (Å²) in [5, 5.41) is 17.7. The molecular formula is C13H8N2O2. The second-order valence-electron chi connectivity index (χ2n) is 3.42. The molecule has 0 spiro atoms. The van der Waals surface area contributed by atoms with E-state index >= 15 is 0 Å². The molecule has 0 unspecified atom stereocenters. The zero-order valence-corrected chi connectivity index (χ0v) is 8.79. The predicted molar refractivity (Wildman–Crippen MR) is 61.3 cm³/mol. The van der Waals surface area contributed by atoms with Crippen LogP contribution in [0, 0.1) is 11.3 Å². The minimum Gasteiger partial charge on any atom is -0.478 e. The summed E-state index contributed by atoms with van der Waals surface area (Å²) in [6, 6.07) is 10.4. The number of nitriles is 1. The Hall–Kier alpha value is -2.67. The molecule has 0 bridgehead atoms. The fourth-order valence-corrected chi connectivity index (χ4v) is 1.54. The van der Waals surface area contributed by atoms with Gasteiger partial charge in [-0.15, -0.1) is 0 Å². The lowest BCUT2D eigenvalue weighted by Crippen LogP contribution is -2.00. The van der Waals surface area contributed by atoms with Gasteiger partial charge in [0.2, 0.25) is 0 Å². The molecule has 1 aromatic heterocycles. The first kappa shape index (κ1) is 10.8. The highest BCUT2D eigenvalue weighted by atomic mass is 16.4. The third-order valence-corrected chi connectivity index (χ3v) is 2.38. The van der Waals surface area contributed by atoms with E-state index in [2.05, 4.69) is 4.98 Å². The second kappa shape index (κ2) is 4.45. The van der Waals surface area contributed by atoms with E-state index in [1.807, 2.05) is 6.07 Å². The number of rotatable bonds is 2. The van der Waals surface area contributed by atoms with Gasteiger partial charge < -0.3 is 5.11 Å². The van der Waals surface area contributed by atoms with Gasteiger partial charge in [-0.25, -0.2) is 4.79 Å². The van der Waals surface area contributed by atoms with E-state index in [0.29, 0.717) is 11.1 Å². The van der Waals surface area contributed by atoms with Gasteiger partial charge in [-0.05, 0) is 29.3 Å². The highest BCUT2D eigenvalue weighted by Gasteiger charge is 2.11. The van der Waals surface area contributed by atoms with Crippen LogP contribution in [0.5, 0.6) is 0 Å². The molecule has 4 heteroatoms. The summed E-state index contributed by atoms with van der Waals surface area (Å²) in [5.74, 6) is -1.02. The highest BCUT2D eigenvalue weighted by Crippen LogP contribution is 2.23. The second-order valence-corrected chi connectivity index (χ2v) is 3.42. The number of aromatic nitrogens is 1. The Morgan fingerprint density at radius 3 is 2.53 bits per heavy atom. The molecule has 2 aromatic rings. The number of carbonyl (C=O) groups is 1. The van der Waals surface area contributed by atoms with Gasteiger partial charge in [0.25, 0.3) is 0 Å². The van der Waals surface area contributed by atoms with E-state index in [4.69, 9.17) is 10.4 Å². The minimum absolute atomic E-state index is 0.150. The van der Waals surface area contributed by atoms with Gasteiger partial charge in [-0.1, -0.05) is 12.1 Å². The Bertz CT molecular complexity index is 598. The number of hydrogen-bond acceptors (Lipinski definition) is 3. The molecule has 0 fully saturated rings. The van der Waals surface area contributed by atoms with Crippen LogP contribution in [0.2, 0.25) is 0 Å². The van der Waals surface area contributed by atoms with Crippen molar-refractivity contribution >= 4 is 5.97 Å². The normalized spacial score (nSPS) is 9.59. The molecule has 4 nitrogen and oxygen atoms in total. The molecule has 1 N–H and O–H groups in total. The molecule has 0 aliphatic heterocycles. The Balaban J connectivity index is 2.53. The van der Waals surface area contributed by atoms with E-state index in [1.54, 1.807) is 36.5 Å². The number of aromatic carboxylic acids is 1. The van der Waals surface area contributed by atoms with Crippen molar-refractivity contribution in [1.29, 1.82) is 5.26 Å². The molecule has 1 aromatic carbocycles. The third kappa shape index (κ3) is 2.13. The number of benzene rings is 1. The fourth-order valence-electron chi connectivity index (χ4n) is 1.54. The molecule has 0 saturated heterocycles. The van der Waals surface area contributed by atoms with Gasteiger partial charge in [-0.2, -0.15) is 5.26 Å². The Morgan fingerprint density at radius 1 is 1.24 bits per heavy atom. The monoisotopic (exact) mass is 224 g/mol. The van der Waals surface area contributed by atoms with Crippen LogP contribution in [0.3, 0.4) is 0 Å². The summed E-state index contributed by atoms with van der Waals surface area (Å²) in [6.07, 6.45) is 2.86. The molecule has 0 atom stereocenters. The van der Waals surface area contributed by atoms with Gasteiger partial charge >= 0.3 is 5.97 Å². The first-order valence-corrected chi connectivity index (χ1v) is 4.90. The SMILES string of the molecule is N#Cc1ccc(-c2ccncc2C(=O)O)cc1. The number of nitrogens with zero attached hydrogens (tertiary/aromatic N) is 2. The van der Waals surface area contributed by atoms with E-state index in [1.165, 1.54) is 6.20 Å². The molecular weight excluding hydrogens is 216 g/mol. The van der Waals surface area contributed by atoms with Crippen LogP contribution in [0.15, 0.2) is 42.7 Å². The number of hydrogen-bond donors (Lipinski definition) is 1. The highest BCUT2D eigenvalue weighted by molar-refractivity contribution is 5.95. The van der Waals surface area contributed by atoms with E-state index in [9.17, 15) is 4.79 Å². The van der Waals surface area contributed by atoms with Crippen LogP contribution >= 0.6 is 0 Å². The van der Waals surface area contributed by atoms with Crippen molar-refractivity contribution in [2.75, 3.05) is 0 Å². The smallest absolute Gasteiger partial charge is 0.337 e. The lowest BCUT2D eigenvalue weighted by molar-refractivity contribution is 0.0697. The van der Waals surface area contributed by atoms with E-state index < -0.39 is 5.97 Å². The lowest BCUT2D eigenvalue weighted by Gasteiger charge is -2.05. The summed E-state index contributed by atoms with van der Waals surface area (Å²) in [4.78, 5) is 14.8. The Kier molecular flexibility index (Phi) is 2.84. The molecule has 2 rings (SSSR count). The molecule has 17 heavy (non-hydrogen) atoms. The largest absolute Gasteiger partial charge is 0.478 e. The summed E-state index contributed by atoms with van der Waals surface area (Å²) in [6.45, 7) is 0. The number of pyridine rings is 1. The number of carboxylic acids is 1. The lowest BCUT2D eigenvalue weighted by atomic mass is 10.0. The minimum atomic E-state index is -1.02. The molecule has 0 saturated carbocycles. The van der Waals surface area contributed by atoms with Gasteiger partial charge in [0.1, 0.15) is 0 Å². The topological polar surface area (TPSA) is 74.0 Å². The zero-order valence-electron chi connectivity index (χ0n) is 8.79. The maximum Gasteiger partial charge on any atom is 0.337 e. The molecule has 0 aliphatic carbocycles. The van der Waals surface area contributed by atoms with Crippen molar-refractivity contribution in [3.63, 3.8) is 0 Å². The van der Waals surface area contributed by atoms with E-state index in [-0.39, 0.29) is 5.56 Å². The fraction of sp³-hybridized carbons (Fsp3) is 0. The van der Waals surface area contributed by atoms with Crippen LogP contribution in [-0.4, -0.2) is 16.1 Å². The van der Waals surface area contributed by atoms with Crippen molar-refractivity contribution in [3.05, 3.63) is 53.9 Å². The standard InChI is InChI=1S/C13H8N2O2/c14-7-9-1-3-10(4-2-9)11-5-6-15-8-12(11)13(16)17/h1-6,8H,(H,16,17).